The van der Waals surface area contributed by atoms with Gasteiger partial charge in [0.2, 0.25) is 6.43 Å². The van der Waals surface area contributed by atoms with Gasteiger partial charge in [-0.3, -0.25) is 9.69 Å². The Hall–Kier alpha value is -3.52. The molecule has 0 aromatic heterocycles. The molecule has 2 heterocycles. The number of alkyl halides is 2. The third-order valence-electron chi connectivity index (χ3n) is 5.98. The van der Waals surface area contributed by atoms with Crippen molar-refractivity contribution in [3.05, 3.63) is 93.8 Å². The molecule has 0 saturated heterocycles. The predicted octanol–water partition coefficient (Wildman–Crippen LogP) is 5.71. The van der Waals surface area contributed by atoms with Gasteiger partial charge in [-0.25, -0.2) is 18.0 Å². The molecule has 168 valence electrons. The van der Waals surface area contributed by atoms with Gasteiger partial charge in [0.25, 0.3) is 5.91 Å². The number of carbonyl (C=O) groups is 2. The average Bonchev–Trinajstić information content (AvgIpc) is 3.35. The third-order valence-corrected chi connectivity index (χ3v) is 6.33. The predicted molar refractivity (Wildman–Crippen MR) is 119 cm³/mol. The molecule has 9 heteroatoms. The number of fused-ring (bicyclic) bond motifs is 2. The minimum absolute atomic E-state index is 0.172. The highest BCUT2D eigenvalue weighted by atomic mass is 35.5. The average molecular weight is 472 g/mol. The second-order valence-electron chi connectivity index (χ2n) is 7.88. The molecular weight excluding hydrogens is 455 g/mol. The lowest BCUT2D eigenvalue weighted by Crippen LogP contribution is -2.35. The van der Waals surface area contributed by atoms with Crippen LogP contribution in [-0.2, 0) is 0 Å². The van der Waals surface area contributed by atoms with Crippen LogP contribution in [0.5, 0.6) is 0 Å². The minimum Gasteiger partial charge on any atom is -0.341 e. The molecule has 2 N–H and O–H groups in total. The number of anilines is 2. The summed E-state index contributed by atoms with van der Waals surface area (Å²) in [5.74, 6) is -2.00. The van der Waals surface area contributed by atoms with Gasteiger partial charge in [0.05, 0.1) is 12.0 Å². The first kappa shape index (κ1) is 21.3. The molecule has 0 saturated carbocycles. The van der Waals surface area contributed by atoms with E-state index in [2.05, 4.69) is 10.6 Å². The molecule has 3 amide bonds. The number of para-hydroxylation sites is 1. The summed E-state index contributed by atoms with van der Waals surface area (Å²) in [6.45, 7) is -0.172. The highest BCUT2D eigenvalue weighted by Crippen LogP contribution is 2.42. The number of rotatable bonds is 3. The van der Waals surface area contributed by atoms with E-state index >= 15 is 0 Å². The standard InChI is InChI=1S/C24H17ClF3N3O2/c25-17-9-8-12(26)10-15(17)21-20-14(23(32)30-21)5-3-6-18(20)29-24(33)31-11-16(22(27)28)13-4-1-2-7-19(13)31/h1-10,16,21-22H,11H2,(H,29,33)(H,30,32)/t16-,21+/m0/s1. The Balaban J connectivity index is 1.51. The fourth-order valence-electron chi connectivity index (χ4n) is 4.46. The van der Waals surface area contributed by atoms with Crippen molar-refractivity contribution in [1.82, 2.24) is 5.32 Å². The second kappa shape index (κ2) is 8.12. The van der Waals surface area contributed by atoms with E-state index in [1.807, 2.05) is 0 Å². The topological polar surface area (TPSA) is 61.4 Å². The van der Waals surface area contributed by atoms with E-state index < -0.39 is 36.1 Å². The lowest BCUT2D eigenvalue weighted by Gasteiger charge is -2.22. The number of amides is 3. The van der Waals surface area contributed by atoms with Crippen LogP contribution in [0.25, 0.3) is 0 Å². The minimum atomic E-state index is -2.62. The molecule has 0 radical (unpaired) electrons. The smallest absolute Gasteiger partial charge is 0.326 e. The number of carbonyl (C=O) groups excluding carboxylic acids is 2. The molecule has 0 fully saturated rings. The Kier molecular flexibility index (Phi) is 5.25. The van der Waals surface area contributed by atoms with Crippen LogP contribution in [0.4, 0.5) is 29.3 Å². The van der Waals surface area contributed by atoms with Crippen LogP contribution in [0.2, 0.25) is 5.02 Å². The highest BCUT2D eigenvalue weighted by molar-refractivity contribution is 6.31. The van der Waals surface area contributed by atoms with Crippen molar-refractivity contribution >= 4 is 34.9 Å². The molecule has 5 nitrogen and oxygen atoms in total. The molecule has 0 aliphatic carbocycles. The quantitative estimate of drug-likeness (QED) is 0.514. The van der Waals surface area contributed by atoms with Gasteiger partial charge in [-0.2, -0.15) is 0 Å². The van der Waals surface area contributed by atoms with Crippen molar-refractivity contribution in [2.45, 2.75) is 18.4 Å². The number of nitrogens with one attached hydrogen (secondary N) is 2. The Bertz CT molecular complexity index is 1280. The lowest BCUT2D eigenvalue weighted by molar-refractivity contribution is 0.0960. The first-order valence-electron chi connectivity index (χ1n) is 10.2. The number of hydrogen-bond acceptors (Lipinski definition) is 2. The van der Waals surface area contributed by atoms with Gasteiger partial charge in [-0.15, -0.1) is 0 Å². The molecule has 3 aromatic rings. The van der Waals surface area contributed by atoms with Gasteiger partial charge in [-0.1, -0.05) is 35.9 Å². The molecule has 0 bridgehead atoms. The van der Waals surface area contributed by atoms with E-state index in [-0.39, 0.29) is 11.6 Å². The summed E-state index contributed by atoms with van der Waals surface area (Å²) in [4.78, 5) is 27.0. The van der Waals surface area contributed by atoms with Crippen LogP contribution in [0.1, 0.15) is 39.0 Å². The summed E-state index contributed by atoms with van der Waals surface area (Å²) in [6, 6.07) is 13.8. The van der Waals surface area contributed by atoms with Crippen LogP contribution in [0.3, 0.4) is 0 Å². The van der Waals surface area contributed by atoms with Crippen molar-refractivity contribution in [1.29, 1.82) is 0 Å². The van der Waals surface area contributed by atoms with E-state index in [4.69, 9.17) is 11.6 Å². The first-order valence-corrected chi connectivity index (χ1v) is 10.6. The Morgan fingerprint density at radius 3 is 2.67 bits per heavy atom. The summed E-state index contributed by atoms with van der Waals surface area (Å²) < 4.78 is 41.1. The molecule has 33 heavy (non-hydrogen) atoms. The van der Waals surface area contributed by atoms with E-state index in [1.165, 1.54) is 23.1 Å². The summed E-state index contributed by atoms with van der Waals surface area (Å²) in [6.07, 6.45) is -2.62. The molecule has 2 aliphatic heterocycles. The summed E-state index contributed by atoms with van der Waals surface area (Å²) >= 11 is 6.27. The molecule has 0 unspecified atom stereocenters. The van der Waals surface area contributed by atoms with Crippen molar-refractivity contribution < 1.29 is 22.8 Å². The zero-order valence-electron chi connectivity index (χ0n) is 17.0. The summed E-state index contributed by atoms with van der Waals surface area (Å²) in [5, 5.41) is 5.78. The van der Waals surface area contributed by atoms with E-state index in [1.54, 1.807) is 42.5 Å². The maximum absolute atomic E-state index is 13.9. The fraction of sp³-hybridized carbons (Fsp3) is 0.167. The summed E-state index contributed by atoms with van der Waals surface area (Å²) in [5.41, 5.74) is 2.20. The molecule has 5 rings (SSSR count). The number of nitrogens with zero attached hydrogens (tertiary/aromatic N) is 1. The molecule has 2 atom stereocenters. The van der Waals surface area contributed by atoms with Crippen LogP contribution in [0.15, 0.2) is 60.7 Å². The normalized spacial score (nSPS) is 18.8. The lowest BCUT2D eigenvalue weighted by atomic mass is 9.96. The van der Waals surface area contributed by atoms with Crippen LogP contribution in [0, 0.1) is 5.82 Å². The molecule has 3 aromatic carbocycles. The van der Waals surface area contributed by atoms with Crippen molar-refractivity contribution in [3.8, 4) is 0 Å². The van der Waals surface area contributed by atoms with E-state index in [9.17, 15) is 22.8 Å². The maximum Gasteiger partial charge on any atom is 0.326 e. The third kappa shape index (κ3) is 3.60. The van der Waals surface area contributed by atoms with Gasteiger partial charge in [0, 0.05) is 39.6 Å². The van der Waals surface area contributed by atoms with Gasteiger partial charge < -0.3 is 10.6 Å². The SMILES string of the molecule is O=C1N[C@H](c2cc(F)ccc2Cl)c2c(NC(=O)N3C[C@H](C(F)F)c4ccccc43)cccc21. The molecule has 2 aliphatic rings. The Morgan fingerprint density at radius 2 is 1.88 bits per heavy atom. The largest absolute Gasteiger partial charge is 0.341 e. The molecular formula is C24H17ClF3N3O2. The Labute approximate surface area is 192 Å². The zero-order valence-corrected chi connectivity index (χ0v) is 17.7. The fourth-order valence-corrected chi connectivity index (χ4v) is 4.69. The summed E-state index contributed by atoms with van der Waals surface area (Å²) in [7, 11) is 0. The van der Waals surface area contributed by atoms with Gasteiger partial charge >= 0.3 is 6.03 Å². The van der Waals surface area contributed by atoms with Crippen molar-refractivity contribution in [3.63, 3.8) is 0 Å². The van der Waals surface area contributed by atoms with Gasteiger partial charge in [0.1, 0.15) is 5.82 Å². The second-order valence-corrected chi connectivity index (χ2v) is 8.29. The maximum atomic E-state index is 13.9. The first-order chi connectivity index (χ1) is 15.8. The molecule has 0 spiro atoms. The van der Waals surface area contributed by atoms with Crippen LogP contribution in [-0.4, -0.2) is 24.9 Å². The van der Waals surface area contributed by atoms with Crippen molar-refractivity contribution in [2.75, 3.05) is 16.8 Å². The van der Waals surface area contributed by atoms with Crippen LogP contribution >= 0.6 is 11.6 Å². The number of urea groups is 1. The number of halogens is 4. The van der Waals surface area contributed by atoms with Crippen molar-refractivity contribution in [2.24, 2.45) is 0 Å². The van der Waals surface area contributed by atoms with E-state index in [0.717, 1.165) is 0 Å². The highest BCUT2D eigenvalue weighted by Gasteiger charge is 2.38. The van der Waals surface area contributed by atoms with E-state index in [0.29, 0.717) is 33.6 Å². The Morgan fingerprint density at radius 1 is 1.09 bits per heavy atom. The number of benzene rings is 3. The number of hydrogen-bond donors (Lipinski definition) is 2. The monoisotopic (exact) mass is 471 g/mol. The van der Waals surface area contributed by atoms with Gasteiger partial charge in [0.15, 0.2) is 0 Å². The van der Waals surface area contributed by atoms with Gasteiger partial charge in [-0.05, 0) is 42.0 Å². The zero-order chi connectivity index (χ0) is 23.3. The van der Waals surface area contributed by atoms with Crippen LogP contribution < -0.4 is 15.5 Å².